The Balaban J connectivity index is 1.80. The van der Waals surface area contributed by atoms with E-state index in [4.69, 9.17) is 0 Å². The average molecular weight is 327 g/mol. The van der Waals surface area contributed by atoms with Gasteiger partial charge in [-0.05, 0) is 24.9 Å². The van der Waals surface area contributed by atoms with Gasteiger partial charge in [0.05, 0.1) is 6.04 Å². The summed E-state index contributed by atoms with van der Waals surface area (Å²) in [5, 5.41) is 14.6. The number of amides is 1. The molecule has 2 N–H and O–H groups in total. The number of carbonyl (C=O) groups is 1. The van der Waals surface area contributed by atoms with E-state index in [9.17, 15) is 9.90 Å². The molecule has 0 saturated carbocycles. The molecular weight excluding hydrogens is 302 g/mol. The van der Waals surface area contributed by atoms with Crippen LogP contribution in [0.5, 0.6) is 5.75 Å². The van der Waals surface area contributed by atoms with Crippen LogP contribution in [0.1, 0.15) is 31.9 Å². The van der Waals surface area contributed by atoms with Crippen molar-refractivity contribution in [2.45, 2.75) is 26.3 Å². The number of nitrogens with one attached hydrogen (secondary N) is 1. The van der Waals surface area contributed by atoms with Crippen molar-refractivity contribution < 1.29 is 9.90 Å². The maximum Gasteiger partial charge on any atom is 0.220 e. The highest BCUT2D eigenvalue weighted by atomic mass is 16.3. The minimum Gasteiger partial charge on any atom is -0.505 e. The lowest BCUT2D eigenvalue weighted by atomic mass is 9.92. The first kappa shape index (κ1) is 16.7. The van der Waals surface area contributed by atoms with Gasteiger partial charge in [0, 0.05) is 36.7 Å². The quantitative estimate of drug-likeness (QED) is 0.886. The highest BCUT2D eigenvalue weighted by Crippen LogP contribution is 2.34. The first-order valence-electron chi connectivity index (χ1n) is 8.50. The predicted molar refractivity (Wildman–Crippen MR) is 94.7 cm³/mol. The highest BCUT2D eigenvalue weighted by molar-refractivity contribution is 5.86. The zero-order valence-corrected chi connectivity index (χ0v) is 14.5. The van der Waals surface area contributed by atoms with E-state index in [2.05, 4.69) is 22.2 Å². The molecule has 5 nitrogen and oxygen atoms in total. The number of hydrogen-bond acceptors (Lipinski definition) is 4. The molecule has 0 bridgehead atoms. The lowest BCUT2D eigenvalue weighted by molar-refractivity contribution is -0.124. The van der Waals surface area contributed by atoms with Crippen molar-refractivity contribution in [1.29, 1.82) is 0 Å². The number of aromatic nitrogens is 1. The monoisotopic (exact) mass is 327 g/mol. The second-order valence-corrected chi connectivity index (χ2v) is 7.16. The van der Waals surface area contributed by atoms with Crippen LogP contribution in [0.3, 0.4) is 0 Å². The van der Waals surface area contributed by atoms with Gasteiger partial charge in [0.1, 0.15) is 11.3 Å². The number of phenolic OH excluding ortho intramolecular Hbond substituents is 1. The standard InChI is InChI=1S/C19H25N3O2/c1-12(2)17(21-16(23)9-13-10-22(3)11-13)15-7-6-14-5-4-8-20-18(14)19(15)24/h4-8,12-13,17,24H,9-11H2,1-3H3,(H,21,23). The molecule has 1 unspecified atom stereocenters. The number of aromatic hydroxyl groups is 1. The van der Waals surface area contributed by atoms with Gasteiger partial charge in [0.25, 0.3) is 0 Å². The van der Waals surface area contributed by atoms with Gasteiger partial charge < -0.3 is 15.3 Å². The molecule has 5 heteroatoms. The Morgan fingerprint density at radius 3 is 2.79 bits per heavy atom. The van der Waals surface area contributed by atoms with Crippen LogP contribution in [0, 0.1) is 11.8 Å². The van der Waals surface area contributed by atoms with Crippen LogP contribution in [-0.4, -0.2) is 41.0 Å². The number of likely N-dealkylation sites (tertiary alicyclic amines) is 1. The molecule has 0 aliphatic carbocycles. The lowest BCUT2D eigenvalue weighted by Crippen LogP contribution is -2.46. The molecule has 3 rings (SSSR count). The van der Waals surface area contributed by atoms with Crippen molar-refractivity contribution in [3.05, 3.63) is 36.0 Å². The van der Waals surface area contributed by atoms with Gasteiger partial charge in [-0.2, -0.15) is 0 Å². The van der Waals surface area contributed by atoms with Crippen molar-refractivity contribution in [3.63, 3.8) is 0 Å². The molecule has 1 atom stereocenters. The maximum absolute atomic E-state index is 12.4. The van der Waals surface area contributed by atoms with Crippen molar-refractivity contribution in [2.75, 3.05) is 20.1 Å². The van der Waals surface area contributed by atoms with Crippen LogP contribution in [0.4, 0.5) is 0 Å². The topological polar surface area (TPSA) is 65.5 Å². The molecular formula is C19H25N3O2. The van der Waals surface area contributed by atoms with Crippen molar-refractivity contribution in [1.82, 2.24) is 15.2 Å². The van der Waals surface area contributed by atoms with E-state index in [0.29, 0.717) is 17.9 Å². The molecule has 2 heterocycles. The third kappa shape index (κ3) is 3.36. The second kappa shape index (κ2) is 6.77. The Kier molecular flexibility index (Phi) is 4.71. The first-order chi connectivity index (χ1) is 11.5. The number of nitrogens with zero attached hydrogens (tertiary/aromatic N) is 2. The number of fused-ring (bicyclic) bond motifs is 1. The van der Waals surface area contributed by atoms with Crippen molar-refractivity contribution in [2.24, 2.45) is 11.8 Å². The molecule has 1 aliphatic rings. The van der Waals surface area contributed by atoms with Gasteiger partial charge in [-0.25, -0.2) is 0 Å². The predicted octanol–water partition coefficient (Wildman–Crippen LogP) is 2.71. The fourth-order valence-electron chi connectivity index (χ4n) is 3.45. The van der Waals surface area contributed by atoms with E-state index in [0.717, 1.165) is 24.0 Å². The van der Waals surface area contributed by atoms with E-state index >= 15 is 0 Å². The summed E-state index contributed by atoms with van der Waals surface area (Å²) in [7, 11) is 2.06. The minimum absolute atomic E-state index is 0.0484. The molecule has 2 aromatic rings. The molecule has 1 aromatic carbocycles. The van der Waals surface area contributed by atoms with E-state index < -0.39 is 0 Å². The van der Waals surface area contributed by atoms with Crippen LogP contribution in [0.15, 0.2) is 30.5 Å². The maximum atomic E-state index is 12.4. The molecule has 128 valence electrons. The summed E-state index contributed by atoms with van der Waals surface area (Å²) in [5.74, 6) is 0.822. The summed E-state index contributed by atoms with van der Waals surface area (Å²) in [6.07, 6.45) is 2.21. The average Bonchev–Trinajstić information content (AvgIpc) is 2.52. The number of pyridine rings is 1. The van der Waals surface area contributed by atoms with Crippen LogP contribution < -0.4 is 5.32 Å². The second-order valence-electron chi connectivity index (χ2n) is 7.16. The molecule has 1 aliphatic heterocycles. The van der Waals surface area contributed by atoms with Crippen molar-refractivity contribution >= 4 is 16.8 Å². The number of carbonyl (C=O) groups excluding carboxylic acids is 1. The molecule has 0 radical (unpaired) electrons. The summed E-state index contributed by atoms with van der Waals surface area (Å²) in [6.45, 7) is 6.05. The van der Waals surface area contributed by atoms with Crippen LogP contribution >= 0.6 is 0 Å². The van der Waals surface area contributed by atoms with E-state index in [1.54, 1.807) is 6.20 Å². The first-order valence-corrected chi connectivity index (χ1v) is 8.50. The number of hydrogen-bond donors (Lipinski definition) is 2. The Labute approximate surface area is 142 Å². The fourth-order valence-corrected chi connectivity index (χ4v) is 3.45. The molecule has 1 aromatic heterocycles. The van der Waals surface area contributed by atoms with E-state index in [-0.39, 0.29) is 23.6 Å². The molecule has 0 spiro atoms. The van der Waals surface area contributed by atoms with Crippen molar-refractivity contribution in [3.8, 4) is 5.75 Å². The third-order valence-electron chi connectivity index (χ3n) is 4.71. The summed E-state index contributed by atoms with van der Waals surface area (Å²) in [4.78, 5) is 18.9. The number of benzene rings is 1. The Morgan fingerprint density at radius 2 is 2.12 bits per heavy atom. The molecule has 1 saturated heterocycles. The number of rotatable bonds is 5. The number of phenols is 1. The van der Waals surface area contributed by atoms with E-state index in [1.165, 1.54) is 0 Å². The Bertz CT molecular complexity index is 738. The lowest BCUT2D eigenvalue weighted by Gasteiger charge is -2.36. The Morgan fingerprint density at radius 1 is 1.38 bits per heavy atom. The van der Waals surface area contributed by atoms with Gasteiger partial charge in [-0.15, -0.1) is 0 Å². The molecule has 24 heavy (non-hydrogen) atoms. The summed E-state index contributed by atoms with van der Waals surface area (Å²) in [6, 6.07) is 7.38. The highest BCUT2D eigenvalue weighted by Gasteiger charge is 2.28. The minimum atomic E-state index is -0.221. The normalized spacial score (nSPS) is 17.0. The van der Waals surface area contributed by atoms with Gasteiger partial charge >= 0.3 is 0 Å². The molecule has 1 amide bonds. The van der Waals surface area contributed by atoms with Crippen LogP contribution in [0.2, 0.25) is 0 Å². The molecule has 1 fully saturated rings. The zero-order valence-electron chi connectivity index (χ0n) is 14.5. The zero-order chi connectivity index (χ0) is 17.3. The van der Waals surface area contributed by atoms with Gasteiger partial charge in [0.15, 0.2) is 0 Å². The van der Waals surface area contributed by atoms with Gasteiger partial charge in [0.2, 0.25) is 5.91 Å². The van der Waals surface area contributed by atoms with Crippen LogP contribution in [0.25, 0.3) is 10.9 Å². The van der Waals surface area contributed by atoms with Gasteiger partial charge in [-0.3, -0.25) is 9.78 Å². The summed E-state index contributed by atoms with van der Waals surface area (Å²) >= 11 is 0. The van der Waals surface area contributed by atoms with E-state index in [1.807, 2.05) is 38.1 Å². The Hall–Kier alpha value is -2.14. The summed E-state index contributed by atoms with van der Waals surface area (Å²) in [5.41, 5.74) is 1.31. The van der Waals surface area contributed by atoms with Gasteiger partial charge in [-0.1, -0.05) is 32.0 Å². The van der Waals surface area contributed by atoms with Crippen LogP contribution in [-0.2, 0) is 4.79 Å². The smallest absolute Gasteiger partial charge is 0.220 e. The largest absolute Gasteiger partial charge is 0.505 e. The third-order valence-corrected chi connectivity index (χ3v) is 4.71. The summed E-state index contributed by atoms with van der Waals surface area (Å²) < 4.78 is 0. The SMILES string of the molecule is CC(C)C(NC(=O)CC1CN(C)C1)c1ccc2cccnc2c1O. The fraction of sp³-hybridized carbons (Fsp3) is 0.474.